The zero-order valence-corrected chi connectivity index (χ0v) is 14.3. The normalized spacial score (nSPS) is 19.3. The molecule has 0 amide bonds. The molecule has 1 heterocycles. The number of carbonyl (C=O) groups excluding carboxylic acids is 1. The van der Waals surface area contributed by atoms with Crippen LogP contribution in [0.3, 0.4) is 0 Å². The number of methoxy groups -OCH3 is 1. The fraction of sp³-hybridized carbons (Fsp3) is 0.368. The van der Waals surface area contributed by atoms with Crippen molar-refractivity contribution in [3.8, 4) is 5.75 Å². The van der Waals surface area contributed by atoms with Crippen LogP contribution in [0, 0.1) is 5.82 Å². The van der Waals surface area contributed by atoms with Crippen molar-refractivity contribution in [3.05, 3.63) is 58.7 Å². The highest BCUT2D eigenvalue weighted by Gasteiger charge is 2.44. The highest BCUT2D eigenvalue weighted by molar-refractivity contribution is 5.90. The standard InChI is InChI=1S/C19H17F4NO2/c1-11(25)18(9-12-3-6-16(24-10-12)19(21,22)23)8-7-13-14(18)4-5-15(26-2)17(13)20/h3-6,10H,7-9H2,1-2H3. The Bertz CT molecular complexity index is 846. The van der Waals surface area contributed by atoms with Crippen LogP contribution in [0.25, 0.3) is 0 Å². The van der Waals surface area contributed by atoms with E-state index in [-0.39, 0.29) is 18.0 Å². The van der Waals surface area contributed by atoms with Gasteiger partial charge in [-0.25, -0.2) is 4.39 Å². The third-order valence-electron chi connectivity index (χ3n) is 5.04. The Labute approximate surface area is 148 Å². The smallest absolute Gasteiger partial charge is 0.433 e. The molecule has 0 fully saturated rings. The largest absolute Gasteiger partial charge is 0.494 e. The van der Waals surface area contributed by atoms with Crippen molar-refractivity contribution in [1.82, 2.24) is 4.98 Å². The summed E-state index contributed by atoms with van der Waals surface area (Å²) >= 11 is 0. The van der Waals surface area contributed by atoms with E-state index in [1.54, 1.807) is 6.07 Å². The van der Waals surface area contributed by atoms with E-state index in [2.05, 4.69) is 4.98 Å². The Morgan fingerprint density at radius 1 is 1.27 bits per heavy atom. The van der Waals surface area contributed by atoms with E-state index < -0.39 is 23.1 Å². The quantitative estimate of drug-likeness (QED) is 0.758. The van der Waals surface area contributed by atoms with Crippen LogP contribution in [0.15, 0.2) is 30.5 Å². The number of carbonyl (C=O) groups is 1. The lowest BCUT2D eigenvalue weighted by molar-refractivity contribution is -0.141. The average Bonchev–Trinajstić information content (AvgIpc) is 2.96. The predicted octanol–water partition coefficient (Wildman–Crippen LogP) is 4.26. The van der Waals surface area contributed by atoms with Gasteiger partial charge in [0.1, 0.15) is 11.5 Å². The summed E-state index contributed by atoms with van der Waals surface area (Å²) in [4.78, 5) is 15.9. The van der Waals surface area contributed by atoms with Crippen LogP contribution in [0.4, 0.5) is 17.6 Å². The Hall–Kier alpha value is -2.44. The summed E-state index contributed by atoms with van der Waals surface area (Å²) in [5.41, 5.74) is -0.454. The zero-order valence-electron chi connectivity index (χ0n) is 14.3. The molecule has 1 aromatic heterocycles. The fourth-order valence-corrected chi connectivity index (χ4v) is 3.64. The second-order valence-corrected chi connectivity index (χ2v) is 6.47. The van der Waals surface area contributed by atoms with Gasteiger partial charge < -0.3 is 4.74 Å². The van der Waals surface area contributed by atoms with Crippen LogP contribution >= 0.6 is 0 Å². The first kappa shape index (κ1) is 18.4. The first-order valence-corrected chi connectivity index (χ1v) is 8.08. The number of Topliss-reactive ketones (excluding diaryl/α,β-unsaturated/α-hetero) is 1. The van der Waals surface area contributed by atoms with E-state index in [1.165, 1.54) is 26.2 Å². The number of benzene rings is 1. The highest BCUT2D eigenvalue weighted by Crippen LogP contribution is 2.45. The molecule has 1 atom stereocenters. The second kappa shape index (κ2) is 6.37. The van der Waals surface area contributed by atoms with Gasteiger partial charge in [0.2, 0.25) is 0 Å². The van der Waals surface area contributed by atoms with Gasteiger partial charge in [-0.05, 0) is 55.0 Å². The Morgan fingerprint density at radius 3 is 2.54 bits per heavy atom. The van der Waals surface area contributed by atoms with E-state index in [9.17, 15) is 22.4 Å². The average molecular weight is 367 g/mol. The molecule has 2 aromatic rings. The van der Waals surface area contributed by atoms with Crippen LogP contribution in [-0.2, 0) is 29.2 Å². The van der Waals surface area contributed by atoms with Crippen molar-refractivity contribution in [1.29, 1.82) is 0 Å². The Kier molecular flexibility index (Phi) is 4.50. The molecule has 0 saturated carbocycles. The van der Waals surface area contributed by atoms with E-state index in [1.807, 2.05) is 0 Å². The Morgan fingerprint density at radius 2 is 2.00 bits per heavy atom. The highest BCUT2D eigenvalue weighted by atomic mass is 19.4. The van der Waals surface area contributed by atoms with Crippen LogP contribution in [0.2, 0.25) is 0 Å². The number of alkyl halides is 3. The fourth-order valence-electron chi connectivity index (χ4n) is 3.64. The molecular weight excluding hydrogens is 350 g/mol. The number of pyridine rings is 1. The first-order valence-electron chi connectivity index (χ1n) is 8.08. The summed E-state index contributed by atoms with van der Waals surface area (Å²) in [6.07, 6.45) is -2.46. The van der Waals surface area contributed by atoms with Gasteiger partial charge >= 0.3 is 6.18 Å². The number of ketones is 1. The van der Waals surface area contributed by atoms with Gasteiger partial charge in [-0.3, -0.25) is 9.78 Å². The van der Waals surface area contributed by atoms with Gasteiger partial charge in [0, 0.05) is 6.20 Å². The molecule has 0 saturated heterocycles. The molecule has 1 unspecified atom stereocenters. The van der Waals surface area contributed by atoms with Crippen molar-refractivity contribution < 1.29 is 27.1 Å². The molecule has 0 bridgehead atoms. The van der Waals surface area contributed by atoms with E-state index >= 15 is 0 Å². The molecule has 138 valence electrons. The SMILES string of the molecule is COc1ccc2c(c1F)CCC2(Cc1ccc(C(F)(F)F)nc1)C(C)=O. The number of halogens is 4. The van der Waals surface area contributed by atoms with E-state index in [4.69, 9.17) is 4.74 Å². The topological polar surface area (TPSA) is 39.2 Å². The number of nitrogens with zero attached hydrogens (tertiary/aromatic N) is 1. The minimum absolute atomic E-state index is 0.110. The van der Waals surface area contributed by atoms with Gasteiger partial charge in [0.15, 0.2) is 11.6 Å². The number of fused-ring (bicyclic) bond motifs is 1. The minimum Gasteiger partial charge on any atom is -0.494 e. The van der Waals surface area contributed by atoms with Crippen molar-refractivity contribution in [3.63, 3.8) is 0 Å². The number of aromatic nitrogens is 1. The summed E-state index contributed by atoms with van der Waals surface area (Å²) in [7, 11) is 1.37. The maximum absolute atomic E-state index is 14.5. The van der Waals surface area contributed by atoms with E-state index in [0.717, 1.165) is 12.3 Å². The van der Waals surface area contributed by atoms with Gasteiger partial charge in [-0.15, -0.1) is 0 Å². The van der Waals surface area contributed by atoms with Crippen LogP contribution < -0.4 is 4.74 Å². The van der Waals surface area contributed by atoms with E-state index in [0.29, 0.717) is 29.5 Å². The summed E-state index contributed by atoms with van der Waals surface area (Å²) in [5.74, 6) is -0.529. The summed E-state index contributed by atoms with van der Waals surface area (Å²) in [6.45, 7) is 1.43. The van der Waals surface area contributed by atoms with Crippen molar-refractivity contribution in [2.45, 2.75) is 37.8 Å². The van der Waals surface area contributed by atoms with Crippen molar-refractivity contribution in [2.75, 3.05) is 7.11 Å². The van der Waals surface area contributed by atoms with Crippen LogP contribution in [0.1, 0.15) is 35.7 Å². The van der Waals surface area contributed by atoms with Crippen molar-refractivity contribution >= 4 is 5.78 Å². The molecule has 0 N–H and O–H groups in total. The lowest BCUT2D eigenvalue weighted by Gasteiger charge is -2.28. The zero-order chi connectivity index (χ0) is 19.1. The van der Waals surface area contributed by atoms with Gasteiger partial charge in [0.05, 0.1) is 12.5 Å². The van der Waals surface area contributed by atoms with Gasteiger partial charge in [-0.2, -0.15) is 13.2 Å². The molecule has 1 aliphatic rings. The number of hydrogen-bond donors (Lipinski definition) is 0. The Balaban J connectivity index is 2.00. The van der Waals surface area contributed by atoms with Gasteiger partial charge in [-0.1, -0.05) is 12.1 Å². The molecule has 1 aromatic carbocycles. The first-order chi connectivity index (χ1) is 12.2. The third kappa shape index (κ3) is 2.95. The summed E-state index contributed by atoms with van der Waals surface area (Å²) in [5, 5.41) is 0. The lowest BCUT2D eigenvalue weighted by Crippen LogP contribution is -2.34. The molecular formula is C19H17F4NO2. The molecule has 7 heteroatoms. The molecule has 0 radical (unpaired) electrons. The summed E-state index contributed by atoms with van der Waals surface area (Å²) < 4.78 is 57.5. The van der Waals surface area contributed by atoms with Crippen LogP contribution in [-0.4, -0.2) is 17.9 Å². The maximum atomic E-state index is 14.5. The monoisotopic (exact) mass is 367 g/mol. The molecule has 3 nitrogen and oxygen atoms in total. The predicted molar refractivity (Wildman–Crippen MR) is 86.6 cm³/mol. The second-order valence-electron chi connectivity index (χ2n) is 6.47. The molecule has 26 heavy (non-hydrogen) atoms. The number of ether oxygens (including phenoxy) is 1. The van der Waals surface area contributed by atoms with Crippen molar-refractivity contribution in [2.24, 2.45) is 0 Å². The molecule has 0 aliphatic heterocycles. The van der Waals surface area contributed by atoms with Gasteiger partial charge in [0.25, 0.3) is 0 Å². The third-order valence-corrected chi connectivity index (χ3v) is 5.04. The number of rotatable bonds is 4. The molecule has 1 aliphatic carbocycles. The summed E-state index contributed by atoms with van der Waals surface area (Å²) in [6, 6.07) is 5.36. The molecule has 3 rings (SSSR count). The minimum atomic E-state index is -4.52. The molecule has 0 spiro atoms. The number of hydrogen-bond acceptors (Lipinski definition) is 3. The van der Waals surface area contributed by atoms with Crippen LogP contribution in [0.5, 0.6) is 5.75 Å². The lowest BCUT2D eigenvalue weighted by atomic mass is 9.74. The maximum Gasteiger partial charge on any atom is 0.433 e.